The molecule has 94 valence electrons. The van der Waals surface area contributed by atoms with Gasteiger partial charge in [0, 0.05) is 5.56 Å². The number of thiophene rings is 1. The molecule has 0 fully saturated rings. The number of carbonyl (C=O) groups is 1. The summed E-state index contributed by atoms with van der Waals surface area (Å²) in [7, 11) is 0. The van der Waals surface area contributed by atoms with E-state index in [1.165, 1.54) is 18.2 Å². The number of rotatable bonds is 4. The second-order valence-corrected chi connectivity index (χ2v) is 4.34. The van der Waals surface area contributed by atoms with Crippen LogP contribution in [-0.2, 0) is 6.61 Å². The normalized spacial score (nSPS) is 10.3. The van der Waals surface area contributed by atoms with Crippen LogP contribution >= 0.6 is 11.3 Å². The molecule has 3 nitrogen and oxygen atoms in total. The molecule has 1 aromatic heterocycles. The van der Waals surface area contributed by atoms with E-state index >= 15 is 0 Å². The average Bonchev–Trinajstić information content (AvgIpc) is 2.79. The monoisotopic (exact) mass is 270 g/mol. The Kier molecular flexibility index (Phi) is 3.57. The van der Waals surface area contributed by atoms with Crippen molar-refractivity contribution in [2.75, 3.05) is 0 Å². The number of halogens is 2. The van der Waals surface area contributed by atoms with Crippen molar-refractivity contribution in [3.8, 4) is 5.75 Å². The van der Waals surface area contributed by atoms with Crippen LogP contribution in [0.4, 0.5) is 8.78 Å². The molecule has 0 spiro atoms. The lowest BCUT2D eigenvalue weighted by Gasteiger charge is -2.06. The molecular weight excluding hydrogens is 262 g/mol. The highest BCUT2D eigenvalue weighted by Gasteiger charge is 2.14. The van der Waals surface area contributed by atoms with Crippen LogP contribution in [0.3, 0.4) is 0 Å². The smallest absolute Gasteiger partial charge is 0.349 e. The average molecular weight is 270 g/mol. The summed E-state index contributed by atoms with van der Waals surface area (Å²) in [5.41, 5.74) is 0.0394. The van der Waals surface area contributed by atoms with Gasteiger partial charge in [-0.15, -0.1) is 11.3 Å². The van der Waals surface area contributed by atoms with Crippen LogP contribution in [0.15, 0.2) is 29.6 Å². The minimum atomic E-state index is -1.11. The number of aromatic carboxylic acids is 1. The van der Waals surface area contributed by atoms with E-state index in [0.717, 1.165) is 17.4 Å². The van der Waals surface area contributed by atoms with Gasteiger partial charge in [0.2, 0.25) is 0 Å². The number of hydrogen-bond donors (Lipinski definition) is 1. The summed E-state index contributed by atoms with van der Waals surface area (Å²) in [6.07, 6.45) is 0. The van der Waals surface area contributed by atoms with Crippen LogP contribution in [0.2, 0.25) is 0 Å². The van der Waals surface area contributed by atoms with Crippen molar-refractivity contribution in [3.63, 3.8) is 0 Å². The Morgan fingerprint density at radius 2 is 2.11 bits per heavy atom. The van der Waals surface area contributed by atoms with E-state index in [0.29, 0.717) is 0 Å². The molecule has 0 atom stereocenters. The molecule has 1 aromatic carbocycles. The third kappa shape index (κ3) is 2.48. The first-order valence-corrected chi connectivity index (χ1v) is 5.84. The Morgan fingerprint density at radius 3 is 2.83 bits per heavy atom. The van der Waals surface area contributed by atoms with Gasteiger partial charge in [0.05, 0.1) is 0 Å². The second-order valence-electron chi connectivity index (χ2n) is 3.42. The van der Waals surface area contributed by atoms with E-state index < -0.39 is 17.6 Å². The highest BCUT2D eigenvalue weighted by molar-refractivity contribution is 7.12. The molecule has 0 unspecified atom stereocenters. The maximum absolute atomic E-state index is 13.3. The molecule has 0 amide bonds. The Bertz CT molecular complexity index is 580. The van der Waals surface area contributed by atoms with Crippen LogP contribution in [0.1, 0.15) is 15.2 Å². The van der Waals surface area contributed by atoms with E-state index in [1.54, 1.807) is 5.38 Å². The lowest BCUT2D eigenvalue weighted by molar-refractivity contribution is 0.0697. The fraction of sp³-hybridized carbons (Fsp3) is 0.0833. The summed E-state index contributed by atoms with van der Waals surface area (Å²) in [5.74, 6) is -2.90. The minimum Gasteiger partial charge on any atom is -0.487 e. The Balaban J connectivity index is 2.14. The maximum atomic E-state index is 13.3. The number of carboxylic acid groups (broad SMARTS) is 1. The molecule has 0 radical (unpaired) electrons. The van der Waals surface area contributed by atoms with Crippen molar-refractivity contribution in [1.82, 2.24) is 0 Å². The van der Waals surface area contributed by atoms with Gasteiger partial charge in [-0.05, 0) is 17.5 Å². The van der Waals surface area contributed by atoms with Gasteiger partial charge < -0.3 is 9.84 Å². The highest BCUT2D eigenvalue weighted by Crippen LogP contribution is 2.26. The van der Waals surface area contributed by atoms with Crippen LogP contribution in [0.5, 0.6) is 5.75 Å². The van der Waals surface area contributed by atoms with E-state index in [9.17, 15) is 13.6 Å². The molecule has 0 aliphatic heterocycles. The van der Waals surface area contributed by atoms with Gasteiger partial charge in [-0.25, -0.2) is 13.6 Å². The molecule has 0 saturated heterocycles. The van der Waals surface area contributed by atoms with Gasteiger partial charge in [-0.2, -0.15) is 0 Å². The van der Waals surface area contributed by atoms with Gasteiger partial charge >= 0.3 is 5.97 Å². The van der Waals surface area contributed by atoms with Crippen LogP contribution < -0.4 is 4.74 Å². The molecule has 0 aliphatic carbocycles. The van der Waals surface area contributed by atoms with Crippen LogP contribution in [0, 0.1) is 11.6 Å². The van der Waals surface area contributed by atoms with E-state index in [-0.39, 0.29) is 22.8 Å². The number of hydrogen-bond acceptors (Lipinski definition) is 3. The molecule has 0 bridgehead atoms. The molecule has 6 heteroatoms. The van der Waals surface area contributed by atoms with Crippen molar-refractivity contribution in [2.45, 2.75) is 6.61 Å². The standard InChI is InChI=1S/C12H8F2O3S/c13-8-3-1-2-7(10(8)14)6-17-9-4-5-18-11(9)12(15)16/h1-5H,6H2,(H,15,16). The Hall–Kier alpha value is -1.95. The van der Waals surface area contributed by atoms with Gasteiger partial charge in [0.1, 0.15) is 12.4 Å². The van der Waals surface area contributed by atoms with Crippen LogP contribution in [0.25, 0.3) is 0 Å². The predicted molar refractivity (Wildman–Crippen MR) is 62.0 cm³/mol. The molecule has 2 aromatic rings. The van der Waals surface area contributed by atoms with E-state index in [2.05, 4.69) is 0 Å². The predicted octanol–water partition coefficient (Wildman–Crippen LogP) is 3.30. The summed E-state index contributed by atoms with van der Waals surface area (Å²) in [6.45, 7) is -0.222. The first-order chi connectivity index (χ1) is 8.59. The summed E-state index contributed by atoms with van der Waals surface area (Å²) in [5, 5.41) is 10.4. The third-order valence-electron chi connectivity index (χ3n) is 2.24. The molecule has 1 N–H and O–H groups in total. The second kappa shape index (κ2) is 5.14. The largest absolute Gasteiger partial charge is 0.487 e. The minimum absolute atomic E-state index is 0.0341. The maximum Gasteiger partial charge on any atom is 0.349 e. The fourth-order valence-corrected chi connectivity index (χ4v) is 2.05. The number of carboxylic acids is 1. The number of benzene rings is 1. The van der Waals surface area contributed by atoms with Crippen molar-refractivity contribution in [2.24, 2.45) is 0 Å². The fourth-order valence-electron chi connectivity index (χ4n) is 1.38. The SMILES string of the molecule is O=C(O)c1sccc1OCc1cccc(F)c1F. The zero-order valence-electron chi connectivity index (χ0n) is 9.02. The summed E-state index contributed by atoms with van der Waals surface area (Å²) >= 11 is 1.01. The summed E-state index contributed by atoms with van der Waals surface area (Å²) in [4.78, 5) is 10.8. The first kappa shape index (κ1) is 12.5. The van der Waals surface area contributed by atoms with Crippen LogP contribution in [-0.4, -0.2) is 11.1 Å². The molecule has 18 heavy (non-hydrogen) atoms. The molecule has 0 saturated carbocycles. The lowest BCUT2D eigenvalue weighted by Crippen LogP contribution is -2.02. The number of ether oxygens (including phenoxy) is 1. The molecule has 0 aliphatic rings. The van der Waals surface area contributed by atoms with Gasteiger partial charge in [-0.1, -0.05) is 12.1 Å². The summed E-state index contributed by atoms with van der Waals surface area (Å²) in [6, 6.07) is 5.23. The molecule has 2 rings (SSSR count). The van der Waals surface area contributed by atoms with Crippen molar-refractivity contribution in [1.29, 1.82) is 0 Å². The first-order valence-electron chi connectivity index (χ1n) is 4.96. The zero-order valence-corrected chi connectivity index (χ0v) is 9.84. The Labute approximate surface area is 105 Å². The lowest BCUT2D eigenvalue weighted by atomic mass is 10.2. The van der Waals surface area contributed by atoms with Gasteiger partial charge in [0.25, 0.3) is 0 Å². The Morgan fingerprint density at radius 1 is 1.33 bits per heavy atom. The van der Waals surface area contributed by atoms with Gasteiger partial charge in [0.15, 0.2) is 16.5 Å². The molecule has 1 heterocycles. The highest BCUT2D eigenvalue weighted by atomic mass is 32.1. The van der Waals surface area contributed by atoms with Gasteiger partial charge in [-0.3, -0.25) is 0 Å². The topological polar surface area (TPSA) is 46.5 Å². The molecular formula is C12H8F2O3S. The quantitative estimate of drug-likeness (QED) is 0.927. The van der Waals surface area contributed by atoms with E-state index in [1.807, 2.05) is 0 Å². The van der Waals surface area contributed by atoms with E-state index in [4.69, 9.17) is 9.84 Å². The van der Waals surface area contributed by atoms with Crippen molar-refractivity contribution >= 4 is 17.3 Å². The van der Waals surface area contributed by atoms with Crippen molar-refractivity contribution < 1.29 is 23.4 Å². The summed E-state index contributed by atoms with van der Waals surface area (Å²) < 4.78 is 31.4. The zero-order chi connectivity index (χ0) is 13.1. The van der Waals surface area contributed by atoms with Crippen molar-refractivity contribution in [3.05, 3.63) is 51.7 Å². The third-order valence-corrected chi connectivity index (χ3v) is 3.12.